The molecule has 2 aromatic rings. The molecule has 4 nitrogen and oxygen atoms in total. The quantitative estimate of drug-likeness (QED) is 0.688. The van der Waals surface area contributed by atoms with Crippen LogP contribution in [0.2, 0.25) is 0 Å². The molecule has 0 aliphatic carbocycles. The molecule has 0 saturated heterocycles. The fourth-order valence-corrected chi connectivity index (χ4v) is 1.54. The molecule has 0 unspecified atom stereocenters. The summed E-state index contributed by atoms with van der Waals surface area (Å²) in [6.07, 6.45) is 1.90. The second-order valence-corrected chi connectivity index (χ2v) is 3.34. The van der Waals surface area contributed by atoms with Crippen LogP contribution in [-0.4, -0.2) is 17.4 Å². The third-order valence-corrected chi connectivity index (χ3v) is 2.34. The van der Waals surface area contributed by atoms with Crippen LogP contribution in [0.1, 0.15) is 5.56 Å². The van der Waals surface area contributed by atoms with E-state index in [4.69, 9.17) is 5.73 Å². The molecule has 1 amide bonds. The third kappa shape index (κ3) is 1.99. The van der Waals surface area contributed by atoms with Gasteiger partial charge in [-0.1, -0.05) is 18.2 Å². The van der Waals surface area contributed by atoms with E-state index in [1.807, 2.05) is 30.5 Å². The minimum Gasteiger partial charge on any atom is -0.361 e. The molecule has 0 fully saturated rings. The SMILES string of the molecule is NCC(=O)NCc1c[nH]c2ccccc12. The summed E-state index contributed by atoms with van der Waals surface area (Å²) in [5.74, 6) is -0.139. The molecule has 1 aromatic heterocycles. The number of amides is 1. The van der Waals surface area contributed by atoms with Crippen molar-refractivity contribution in [2.45, 2.75) is 6.54 Å². The van der Waals surface area contributed by atoms with E-state index in [2.05, 4.69) is 10.3 Å². The zero-order chi connectivity index (χ0) is 10.7. The van der Waals surface area contributed by atoms with Crippen molar-refractivity contribution in [1.29, 1.82) is 0 Å². The smallest absolute Gasteiger partial charge is 0.234 e. The van der Waals surface area contributed by atoms with Crippen LogP contribution in [0, 0.1) is 0 Å². The standard InChI is InChI=1S/C11H13N3O/c12-5-11(15)14-7-8-6-13-10-4-2-1-3-9(8)10/h1-4,6,13H,5,7,12H2,(H,14,15). The molecule has 0 aliphatic rings. The van der Waals surface area contributed by atoms with Gasteiger partial charge >= 0.3 is 0 Å². The van der Waals surface area contributed by atoms with E-state index in [0.717, 1.165) is 16.5 Å². The number of benzene rings is 1. The number of nitrogens with one attached hydrogen (secondary N) is 2. The average molecular weight is 203 g/mol. The van der Waals surface area contributed by atoms with Crippen LogP contribution in [0.25, 0.3) is 10.9 Å². The maximum absolute atomic E-state index is 11.0. The van der Waals surface area contributed by atoms with E-state index in [9.17, 15) is 4.79 Å². The molecule has 2 rings (SSSR count). The molecule has 78 valence electrons. The summed E-state index contributed by atoms with van der Waals surface area (Å²) in [7, 11) is 0. The number of hydrogen-bond acceptors (Lipinski definition) is 2. The molecule has 4 N–H and O–H groups in total. The summed E-state index contributed by atoms with van der Waals surface area (Å²) < 4.78 is 0. The van der Waals surface area contributed by atoms with Crippen LogP contribution < -0.4 is 11.1 Å². The Morgan fingerprint density at radius 2 is 2.20 bits per heavy atom. The Bertz CT molecular complexity index is 475. The summed E-state index contributed by atoms with van der Waals surface area (Å²) in [5.41, 5.74) is 7.36. The van der Waals surface area contributed by atoms with Crippen molar-refractivity contribution >= 4 is 16.8 Å². The molecule has 0 spiro atoms. The predicted molar refractivity (Wildman–Crippen MR) is 59.2 cm³/mol. The molecule has 1 heterocycles. The van der Waals surface area contributed by atoms with E-state index in [1.54, 1.807) is 0 Å². The Morgan fingerprint density at radius 3 is 3.00 bits per heavy atom. The average Bonchev–Trinajstić information content (AvgIpc) is 2.69. The van der Waals surface area contributed by atoms with Gasteiger partial charge in [0.25, 0.3) is 0 Å². The van der Waals surface area contributed by atoms with Crippen molar-refractivity contribution in [2.24, 2.45) is 5.73 Å². The van der Waals surface area contributed by atoms with E-state index < -0.39 is 0 Å². The Balaban J connectivity index is 2.18. The molecule has 0 saturated carbocycles. The first-order valence-corrected chi connectivity index (χ1v) is 4.83. The van der Waals surface area contributed by atoms with Gasteiger partial charge in [-0.05, 0) is 11.6 Å². The Labute approximate surface area is 87.5 Å². The van der Waals surface area contributed by atoms with Gasteiger partial charge in [0, 0.05) is 23.6 Å². The number of aromatic nitrogens is 1. The lowest BCUT2D eigenvalue weighted by molar-refractivity contribution is -0.119. The van der Waals surface area contributed by atoms with E-state index in [-0.39, 0.29) is 12.5 Å². The highest BCUT2D eigenvalue weighted by Crippen LogP contribution is 2.16. The van der Waals surface area contributed by atoms with Crippen molar-refractivity contribution in [2.75, 3.05) is 6.54 Å². The maximum atomic E-state index is 11.0. The fourth-order valence-electron chi connectivity index (χ4n) is 1.54. The number of carbonyl (C=O) groups excluding carboxylic acids is 1. The summed E-state index contributed by atoms with van der Waals surface area (Å²) in [6, 6.07) is 7.98. The molecule has 0 radical (unpaired) electrons. The summed E-state index contributed by atoms with van der Waals surface area (Å²) >= 11 is 0. The third-order valence-electron chi connectivity index (χ3n) is 2.34. The number of rotatable bonds is 3. The van der Waals surface area contributed by atoms with Gasteiger partial charge in [0.1, 0.15) is 0 Å². The number of carbonyl (C=O) groups is 1. The highest BCUT2D eigenvalue weighted by molar-refractivity contribution is 5.84. The number of fused-ring (bicyclic) bond motifs is 1. The van der Waals surface area contributed by atoms with E-state index in [0.29, 0.717) is 6.54 Å². The Morgan fingerprint density at radius 1 is 1.40 bits per heavy atom. The lowest BCUT2D eigenvalue weighted by Gasteiger charge is -2.01. The molecule has 0 bridgehead atoms. The number of H-pyrrole nitrogens is 1. The number of hydrogen-bond donors (Lipinski definition) is 3. The van der Waals surface area contributed by atoms with Crippen LogP contribution >= 0.6 is 0 Å². The van der Waals surface area contributed by atoms with E-state index in [1.165, 1.54) is 0 Å². The minimum atomic E-state index is -0.139. The summed E-state index contributed by atoms with van der Waals surface area (Å²) in [5, 5.41) is 3.88. The van der Waals surface area contributed by atoms with Gasteiger partial charge in [-0.15, -0.1) is 0 Å². The van der Waals surface area contributed by atoms with Gasteiger partial charge in [-0.2, -0.15) is 0 Å². The van der Waals surface area contributed by atoms with Crippen LogP contribution in [0.4, 0.5) is 0 Å². The number of nitrogens with two attached hydrogens (primary N) is 1. The van der Waals surface area contributed by atoms with Gasteiger partial charge < -0.3 is 16.0 Å². The second kappa shape index (κ2) is 4.14. The Hall–Kier alpha value is -1.81. The maximum Gasteiger partial charge on any atom is 0.234 e. The lowest BCUT2D eigenvalue weighted by atomic mass is 10.2. The number of para-hydroxylation sites is 1. The molecular weight excluding hydrogens is 190 g/mol. The van der Waals surface area contributed by atoms with Crippen molar-refractivity contribution in [1.82, 2.24) is 10.3 Å². The van der Waals surface area contributed by atoms with Crippen molar-refractivity contribution in [3.05, 3.63) is 36.0 Å². The first-order chi connectivity index (χ1) is 7.31. The largest absolute Gasteiger partial charge is 0.361 e. The van der Waals surface area contributed by atoms with E-state index >= 15 is 0 Å². The zero-order valence-corrected chi connectivity index (χ0v) is 8.29. The van der Waals surface area contributed by atoms with Gasteiger partial charge in [0.05, 0.1) is 6.54 Å². The number of aromatic amines is 1. The molecule has 1 aromatic carbocycles. The van der Waals surface area contributed by atoms with Crippen molar-refractivity contribution in [3.63, 3.8) is 0 Å². The van der Waals surface area contributed by atoms with Gasteiger partial charge in [0.15, 0.2) is 0 Å². The van der Waals surface area contributed by atoms with Crippen LogP contribution in [0.5, 0.6) is 0 Å². The van der Waals surface area contributed by atoms with Crippen molar-refractivity contribution in [3.8, 4) is 0 Å². The lowest BCUT2D eigenvalue weighted by Crippen LogP contribution is -2.29. The summed E-state index contributed by atoms with van der Waals surface area (Å²) in [6.45, 7) is 0.544. The van der Waals surface area contributed by atoms with Gasteiger partial charge in [0.2, 0.25) is 5.91 Å². The minimum absolute atomic E-state index is 0.0301. The molecule has 4 heteroatoms. The van der Waals surface area contributed by atoms with Gasteiger partial charge in [-0.25, -0.2) is 0 Å². The molecule has 0 atom stereocenters. The highest BCUT2D eigenvalue weighted by atomic mass is 16.1. The van der Waals surface area contributed by atoms with Crippen LogP contribution in [0.15, 0.2) is 30.5 Å². The first kappa shape index (κ1) is 9.73. The van der Waals surface area contributed by atoms with Crippen molar-refractivity contribution < 1.29 is 4.79 Å². The van der Waals surface area contributed by atoms with Crippen LogP contribution in [0.3, 0.4) is 0 Å². The van der Waals surface area contributed by atoms with Crippen LogP contribution in [-0.2, 0) is 11.3 Å². The first-order valence-electron chi connectivity index (χ1n) is 4.83. The Kier molecular flexibility index (Phi) is 2.69. The monoisotopic (exact) mass is 203 g/mol. The normalized spacial score (nSPS) is 10.5. The predicted octanol–water partition coefficient (Wildman–Crippen LogP) is 0.743. The molecule has 0 aliphatic heterocycles. The topological polar surface area (TPSA) is 70.9 Å². The zero-order valence-electron chi connectivity index (χ0n) is 8.29. The highest BCUT2D eigenvalue weighted by Gasteiger charge is 2.03. The second-order valence-electron chi connectivity index (χ2n) is 3.34. The molecular formula is C11H13N3O. The molecule has 15 heavy (non-hydrogen) atoms. The summed E-state index contributed by atoms with van der Waals surface area (Å²) in [4.78, 5) is 14.1. The van der Waals surface area contributed by atoms with Gasteiger partial charge in [-0.3, -0.25) is 4.79 Å². The fraction of sp³-hybridized carbons (Fsp3) is 0.182.